The zero-order chi connectivity index (χ0) is 24.2. The Bertz CT molecular complexity index is 1210. The molecule has 0 heterocycles. The molecule has 7 nitrogen and oxygen atoms in total. The van der Waals surface area contributed by atoms with E-state index in [-0.39, 0.29) is 35.2 Å². The Labute approximate surface area is 201 Å². The lowest BCUT2D eigenvalue weighted by Crippen LogP contribution is -2.36. The van der Waals surface area contributed by atoms with E-state index in [4.69, 9.17) is 16.3 Å². The van der Waals surface area contributed by atoms with Crippen LogP contribution in [0.4, 0.5) is 10.5 Å². The Morgan fingerprint density at radius 1 is 0.971 bits per heavy atom. The average molecular weight is 479 g/mol. The van der Waals surface area contributed by atoms with Crippen LogP contribution in [0.1, 0.15) is 40.7 Å². The van der Waals surface area contributed by atoms with Gasteiger partial charge in [0.1, 0.15) is 12.2 Å². The SMILES string of the molecule is C[C@H](CC(=O)Nc1cccc(Cl)c1C(=O)O)NC(=O)OCC1c2ccccc2-c2ccccc21. The molecule has 0 fully saturated rings. The standard InChI is InChI=1S/C26H23ClN2O5/c1-15(13-23(30)29-22-12-6-11-21(27)24(22)25(31)32)28-26(33)34-14-20-18-9-4-2-7-16(18)17-8-3-5-10-19(17)20/h2-12,15,20H,13-14H2,1H3,(H,28,33)(H,29,30)(H,31,32)/t15-/m1/s1. The molecule has 0 unspecified atom stereocenters. The number of halogens is 1. The van der Waals surface area contributed by atoms with Gasteiger partial charge >= 0.3 is 12.1 Å². The lowest BCUT2D eigenvalue weighted by molar-refractivity contribution is -0.116. The lowest BCUT2D eigenvalue weighted by atomic mass is 9.98. The minimum Gasteiger partial charge on any atom is -0.478 e. The molecule has 0 bridgehead atoms. The highest BCUT2D eigenvalue weighted by molar-refractivity contribution is 6.34. The Morgan fingerprint density at radius 2 is 1.59 bits per heavy atom. The molecule has 2 amide bonds. The smallest absolute Gasteiger partial charge is 0.407 e. The first-order valence-electron chi connectivity index (χ1n) is 10.8. The molecule has 0 aliphatic heterocycles. The number of ether oxygens (including phenoxy) is 1. The Hall–Kier alpha value is -3.84. The molecule has 1 aliphatic rings. The van der Waals surface area contributed by atoms with Crippen molar-refractivity contribution < 1.29 is 24.2 Å². The van der Waals surface area contributed by atoms with Crippen LogP contribution in [0.15, 0.2) is 66.7 Å². The molecule has 0 saturated carbocycles. The minimum atomic E-state index is -1.24. The molecule has 0 radical (unpaired) electrons. The molecule has 0 spiro atoms. The molecule has 174 valence electrons. The predicted octanol–water partition coefficient (Wildman–Crippen LogP) is 5.29. The number of rotatable bonds is 7. The van der Waals surface area contributed by atoms with Gasteiger partial charge in [-0.3, -0.25) is 4.79 Å². The largest absolute Gasteiger partial charge is 0.478 e. The maximum Gasteiger partial charge on any atom is 0.407 e. The second kappa shape index (κ2) is 9.97. The summed E-state index contributed by atoms with van der Waals surface area (Å²) in [5.41, 5.74) is 4.41. The fourth-order valence-corrected chi connectivity index (χ4v) is 4.47. The molecule has 1 atom stereocenters. The van der Waals surface area contributed by atoms with Gasteiger partial charge in [-0.2, -0.15) is 0 Å². The van der Waals surface area contributed by atoms with Gasteiger partial charge in [0, 0.05) is 18.4 Å². The topological polar surface area (TPSA) is 105 Å². The fraction of sp³-hybridized carbons (Fsp3) is 0.192. The predicted molar refractivity (Wildman–Crippen MR) is 129 cm³/mol. The van der Waals surface area contributed by atoms with E-state index in [1.807, 2.05) is 36.4 Å². The number of anilines is 1. The van der Waals surface area contributed by atoms with E-state index in [2.05, 4.69) is 22.8 Å². The zero-order valence-corrected chi connectivity index (χ0v) is 19.1. The van der Waals surface area contributed by atoms with Crippen molar-refractivity contribution in [2.75, 3.05) is 11.9 Å². The Balaban J connectivity index is 1.33. The monoisotopic (exact) mass is 478 g/mol. The van der Waals surface area contributed by atoms with E-state index >= 15 is 0 Å². The van der Waals surface area contributed by atoms with E-state index in [1.54, 1.807) is 13.0 Å². The van der Waals surface area contributed by atoms with Gasteiger partial charge in [-0.1, -0.05) is 66.2 Å². The van der Waals surface area contributed by atoms with Crippen LogP contribution < -0.4 is 10.6 Å². The van der Waals surface area contributed by atoms with Crippen molar-refractivity contribution in [3.63, 3.8) is 0 Å². The van der Waals surface area contributed by atoms with Gasteiger partial charge in [-0.05, 0) is 41.3 Å². The summed E-state index contributed by atoms with van der Waals surface area (Å²) >= 11 is 5.93. The van der Waals surface area contributed by atoms with E-state index in [0.29, 0.717) is 0 Å². The highest BCUT2D eigenvalue weighted by Crippen LogP contribution is 2.44. The maximum absolute atomic E-state index is 12.4. The Morgan fingerprint density at radius 3 is 2.21 bits per heavy atom. The van der Waals surface area contributed by atoms with Crippen LogP contribution in [-0.2, 0) is 9.53 Å². The molecule has 8 heteroatoms. The maximum atomic E-state index is 12.4. The second-order valence-electron chi connectivity index (χ2n) is 8.09. The molecule has 0 aromatic heterocycles. The van der Waals surface area contributed by atoms with Gasteiger partial charge in [0.25, 0.3) is 0 Å². The van der Waals surface area contributed by atoms with Crippen molar-refractivity contribution in [2.45, 2.75) is 25.3 Å². The van der Waals surface area contributed by atoms with Crippen LogP contribution in [0.5, 0.6) is 0 Å². The molecule has 34 heavy (non-hydrogen) atoms. The number of amides is 2. The molecular formula is C26H23ClN2O5. The molecular weight excluding hydrogens is 456 g/mol. The van der Waals surface area contributed by atoms with Crippen LogP contribution in [0.3, 0.4) is 0 Å². The Kier molecular flexibility index (Phi) is 6.84. The van der Waals surface area contributed by atoms with Crippen molar-refractivity contribution >= 4 is 35.3 Å². The highest BCUT2D eigenvalue weighted by Gasteiger charge is 2.29. The molecule has 1 aliphatic carbocycles. The number of hydrogen-bond acceptors (Lipinski definition) is 4. The second-order valence-corrected chi connectivity index (χ2v) is 8.50. The third-order valence-corrected chi connectivity index (χ3v) is 6.02. The normalized spacial score (nSPS) is 12.9. The van der Waals surface area contributed by atoms with Crippen molar-refractivity contribution in [1.29, 1.82) is 0 Å². The summed E-state index contributed by atoms with van der Waals surface area (Å²) in [6, 6.07) is 20.0. The van der Waals surface area contributed by atoms with Crippen molar-refractivity contribution in [2.24, 2.45) is 0 Å². The average Bonchev–Trinajstić information content (AvgIpc) is 3.11. The quantitative estimate of drug-likeness (QED) is 0.427. The molecule has 3 aromatic carbocycles. The van der Waals surface area contributed by atoms with E-state index in [1.165, 1.54) is 12.1 Å². The summed E-state index contributed by atoms with van der Waals surface area (Å²) in [5.74, 6) is -1.77. The number of carboxylic acid groups (broad SMARTS) is 1. The van der Waals surface area contributed by atoms with E-state index in [0.717, 1.165) is 22.3 Å². The summed E-state index contributed by atoms with van der Waals surface area (Å²) in [5, 5.41) is 14.5. The summed E-state index contributed by atoms with van der Waals surface area (Å²) < 4.78 is 5.50. The van der Waals surface area contributed by atoms with E-state index < -0.39 is 24.0 Å². The van der Waals surface area contributed by atoms with Crippen LogP contribution in [0, 0.1) is 0 Å². The van der Waals surface area contributed by atoms with Gasteiger partial charge in [0.05, 0.1) is 10.7 Å². The highest BCUT2D eigenvalue weighted by atomic mass is 35.5. The van der Waals surface area contributed by atoms with Gasteiger partial charge in [0.2, 0.25) is 5.91 Å². The van der Waals surface area contributed by atoms with Crippen molar-refractivity contribution in [3.8, 4) is 11.1 Å². The first-order chi connectivity index (χ1) is 16.3. The number of carboxylic acids is 1. The third kappa shape index (κ3) is 4.89. The van der Waals surface area contributed by atoms with Crippen molar-refractivity contribution in [3.05, 3.63) is 88.4 Å². The number of alkyl carbamates (subject to hydrolysis) is 1. The fourth-order valence-electron chi connectivity index (χ4n) is 4.22. The number of benzene rings is 3. The molecule has 4 rings (SSSR count). The third-order valence-electron chi connectivity index (χ3n) is 5.70. The van der Waals surface area contributed by atoms with Gasteiger partial charge in [-0.25, -0.2) is 9.59 Å². The first-order valence-corrected chi connectivity index (χ1v) is 11.2. The number of aromatic carboxylic acids is 1. The summed E-state index contributed by atoms with van der Waals surface area (Å²) in [6.07, 6.45) is -0.702. The first kappa shape index (κ1) is 23.3. The lowest BCUT2D eigenvalue weighted by Gasteiger charge is -2.17. The van der Waals surface area contributed by atoms with Gasteiger partial charge in [0.15, 0.2) is 0 Å². The zero-order valence-electron chi connectivity index (χ0n) is 18.4. The number of fused-ring (bicyclic) bond motifs is 3. The number of hydrogen-bond donors (Lipinski definition) is 3. The van der Waals surface area contributed by atoms with Crippen LogP contribution >= 0.6 is 11.6 Å². The van der Waals surface area contributed by atoms with E-state index in [9.17, 15) is 19.5 Å². The van der Waals surface area contributed by atoms with Crippen LogP contribution in [0.25, 0.3) is 11.1 Å². The molecule has 3 N–H and O–H groups in total. The summed E-state index contributed by atoms with van der Waals surface area (Å²) in [7, 11) is 0. The summed E-state index contributed by atoms with van der Waals surface area (Å²) in [6.45, 7) is 1.83. The number of carbonyl (C=O) groups is 3. The number of carbonyl (C=O) groups excluding carboxylic acids is 2. The van der Waals surface area contributed by atoms with Crippen LogP contribution in [0.2, 0.25) is 5.02 Å². The van der Waals surface area contributed by atoms with Crippen molar-refractivity contribution in [1.82, 2.24) is 5.32 Å². The number of nitrogens with one attached hydrogen (secondary N) is 2. The molecule has 0 saturated heterocycles. The van der Waals surface area contributed by atoms with Gasteiger partial charge < -0.3 is 20.5 Å². The molecule has 3 aromatic rings. The van der Waals surface area contributed by atoms with Crippen LogP contribution in [-0.4, -0.2) is 35.7 Å². The minimum absolute atomic E-state index is 0.0233. The van der Waals surface area contributed by atoms with Gasteiger partial charge in [-0.15, -0.1) is 0 Å². The summed E-state index contributed by atoms with van der Waals surface area (Å²) in [4.78, 5) is 36.2.